The Morgan fingerprint density at radius 3 is 2.75 bits per heavy atom. The molecule has 1 aliphatic rings. The minimum Gasteiger partial charge on any atom is -0.507 e. The maximum absolute atomic E-state index is 10.4. The van der Waals surface area contributed by atoms with Crippen LogP contribution in [0.1, 0.15) is 37.0 Å². The number of aliphatic hydroxyl groups is 1. The summed E-state index contributed by atoms with van der Waals surface area (Å²) in [5.74, 6) is 0.282. The van der Waals surface area contributed by atoms with Gasteiger partial charge in [-0.05, 0) is 55.4 Å². The van der Waals surface area contributed by atoms with Gasteiger partial charge in [0.25, 0.3) is 0 Å². The Morgan fingerprint density at radius 1 is 1.30 bits per heavy atom. The SMILES string of the molecule is C/C=C(/C=N/NC)C(\O)=C(/C)c1ccc2c(c1)CCC2. The smallest absolute Gasteiger partial charge is 0.127 e. The van der Waals surface area contributed by atoms with Crippen molar-refractivity contribution in [2.45, 2.75) is 33.1 Å². The molecule has 0 aromatic heterocycles. The number of fused-ring (bicyclic) bond motifs is 1. The fourth-order valence-corrected chi connectivity index (χ4v) is 2.56. The van der Waals surface area contributed by atoms with Crippen LogP contribution in [0.15, 0.2) is 40.7 Å². The van der Waals surface area contributed by atoms with Crippen LogP contribution in [0, 0.1) is 0 Å². The molecule has 3 heteroatoms. The summed E-state index contributed by atoms with van der Waals surface area (Å²) in [6.45, 7) is 3.84. The van der Waals surface area contributed by atoms with Crippen molar-refractivity contribution in [3.8, 4) is 0 Å². The van der Waals surface area contributed by atoms with Crippen LogP contribution in [-0.4, -0.2) is 18.4 Å². The highest BCUT2D eigenvalue weighted by Gasteiger charge is 2.13. The Bertz CT molecular complexity index is 583. The molecule has 1 aromatic carbocycles. The van der Waals surface area contributed by atoms with Crippen molar-refractivity contribution in [2.24, 2.45) is 5.10 Å². The molecule has 0 spiro atoms. The van der Waals surface area contributed by atoms with E-state index in [1.54, 1.807) is 13.3 Å². The third kappa shape index (κ3) is 2.93. The maximum Gasteiger partial charge on any atom is 0.127 e. The van der Waals surface area contributed by atoms with Gasteiger partial charge in [-0.15, -0.1) is 0 Å². The zero-order valence-corrected chi connectivity index (χ0v) is 12.4. The van der Waals surface area contributed by atoms with Gasteiger partial charge in [0, 0.05) is 12.6 Å². The van der Waals surface area contributed by atoms with E-state index in [0.717, 1.165) is 23.1 Å². The van der Waals surface area contributed by atoms with Gasteiger partial charge in [0.05, 0.1) is 6.21 Å². The summed E-state index contributed by atoms with van der Waals surface area (Å²) in [4.78, 5) is 0. The first-order valence-electron chi connectivity index (χ1n) is 7.06. The molecular weight excluding hydrogens is 248 g/mol. The molecule has 106 valence electrons. The van der Waals surface area contributed by atoms with E-state index in [4.69, 9.17) is 0 Å². The molecule has 3 nitrogen and oxygen atoms in total. The van der Waals surface area contributed by atoms with Crippen LogP contribution < -0.4 is 5.43 Å². The van der Waals surface area contributed by atoms with Gasteiger partial charge < -0.3 is 10.5 Å². The van der Waals surface area contributed by atoms with E-state index in [0.29, 0.717) is 0 Å². The third-order valence-electron chi connectivity index (χ3n) is 3.80. The summed E-state index contributed by atoms with van der Waals surface area (Å²) in [5.41, 5.74) is 8.25. The number of hydrogen-bond donors (Lipinski definition) is 2. The van der Waals surface area contributed by atoms with Crippen LogP contribution in [0.5, 0.6) is 0 Å². The Balaban J connectivity index is 2.35. The van der Waals surface area contributed by atoms with Gasteiger partial charge in [-0.25, -0.2) is 0 Å². The van der Waals surface area contributed by atoms with E-state index >= 15 is 0 Å². The number of hydrazone groups is 1. The Kier molecular flexibility index (Phi) is 4.61. The topological polar surface area (TPSA) is 44.6 Å². The van der Waals surface area contributed by atoms with Crippen molar-refractivity contribution in [3.05, 3.63) is 52.3 Å². The molecule has 2 N–H and O–H groups in total. The van der Waals surface area contributed by atoms with E-state index in [-0.39, 0.29) is 5.76 Å². The van der Waals surface area contributed by atoms with Gasteiger partial charge in [0.2, 0.25) is 0 Å². The second kappa shape index (κ2) is 6.42. The lowest BCUT2D eigenvalue weighted by atomic mass is 9.99. The summed E-state index contributed by atoms with van der Waals surface area (Å²) >= 11 is 0. The minimum absolute atomic E-state index is 0.282. The highest BCUT2D eigenvalue weighted by atomic mass is 16.3. The van der Waals surface area contributed by atoms with Gasteiger partial charge >= 0.3 is 0 Å². The lowest BCUT2D eigenvalue weighted by Gasteiger charge is -2.09. The van der Waals surface area contributed by atoms with Crippen molar-refractivity contribution in [3.63, 3.8) is 0 Å². The van der Waals surface area contributed by atoms with Crippen LogP contribution in [0.3, 0.4) is 0 Å². The standard InChI is InChI=1S/C17H22N2O/c1-4-13(11-19-18-3)17(20)12(2)15-9-8-14-6-5-7-16(14)10-15/h4,8-11,18,20H,5-7H2,1-3H3/b13-4-,17-12-,19-11+. The van der Waals surface area contributed by atoms with Crippen molar-refractivity contribution >= 4 is 11.8 Å². The lowest BCUT2D eigenvalue weighted by molar-refractivity contribution is 0.430. The molecule has 0 aliphatic heterocycles. The van der Waals surface area contributed by atoms with Gasteiger partial charge in [-0.1, -0.05) is 24.3 Å². The van der Waals surface area contributed by atoms with Crippen LogP contribution in [0.2, 0.25) is 0 Å². The lowest BCUT2D eigenvalue weighted by Crippen LogP contribution is -2.00. The van der Waals surface area contributed by atoms with E-state index in [2.05, 4.69) is 28.7 Å². The van der Waals surface area contributed by atoms with E-state index in [1.165, 1.54) is 24.0 Å². The zero-order valence-electron chi connectivity index (χ0n) is 12.4. The average molecular weight is 270 g/mol. The Hall–Kier alpha value is -2.03. The first-order chi connectivity index (χ1) is 9.67. The van der Waals surface area contributed by atoms with Crippen molar-refractivity contribution in [2.75, 3.05) is 7.05 Å². The van der Waals surface area contributed by atoms with Gasteiger partial charge in [0.1, 0.15) is 5.76 Å². The molecule has 0 unspecified atom stereocenters. The zero-order chi connectivity index (χ0) is 14.5. The van der Waals surface area contributed by atoms with Crippen LogP contribution in [0.25, 0.3) is 5.57 Å². The van der Waals surface area contributed by atoms with Crippen LogP contribution in [-0.2, 0) is 12.8 Å². The third-order valence-corrected chi connectivity index (χ3v) is 3.80. The highest BCUT2D eigenvalue weighted by Crippen LogP contribution is 2.27. The van der Waals surface area contributed by atoms with Crippen molar-refractivity contribution < 1.29 is 5.11 Å². The molecule has 20 heavy (non-hydrogen) atoms. The molecule has 1 aromatic rings. The predicted molar refractivity (Wildman–Crippen MR) is 85.0 cm³/mol. The fourth-order valence-electron chi connectivity index (χ4n) is 2.56. The maximum atomic E-state index is 10.4. The van der Waals surface area contributed by atoms with Crippen molar-refractivity contribution in [1.29, 1.82) is 0 Å². The molecule has 0 bridgehead atoms. The molecule has 0 amide bonds. The first kappa shape index (κ1) is 14.4. The van der Waals surface area contributed by atoms with Gasteiger partial charge in [-0.3, -0.25) is 0 Å². The largest absolute Gasteiger partial charge is 0.507 e. The van der Waals surface area contributed by atoms with Gasteiger partial charge in [0.15, 0.2) is 0 Å². The monoisotopic (exact) mass is 270 g/mol. The number of nitrogens with zero attached hydrogens (tertiary/aromatic N) is 1. The number of rotatable bonds is 4. The normalized spacial score (nSPS) is 16.2. The van der Waals surface area contributed by atoms with E-state index in [9.17, 15) is 5.11 Å². The quantitative estimate of drug-likeness (QED) is 0.380. The summed E-state index contributed by atoms with van der Waals surface area (Å²) in [6.07, 6.45) is 7.05. The second-order valence-corrected chi connectivity index (χ2v) is 5.04. The molecule has 0 atom stereocenters. The first-order valence-corrected chi connectivity index (χ1v) is 7.06. The molecule has 0 heterocycles. The van der Waals surface area contributed by atoms with Crippen LogP contribution >= 0.6 is 0 Å². The van der Waals surface area contributed by atoms with Crippen molar-refractivity contribution in [1.82, 2.24) is 5.43 Å². The molecule has 1 aliphatic carbocycles. The minimum atomic E-state index is 0.282. The number of allylic oxidation sites excluding steroid dienone is 3. The average Bonchev–Trinajstić information content (AvgIpc) is 2.94. The molecule has 0 fully saturated rings. The molecule has 0 saturated carbocycles. The second-order valence-electron chi connectivity index (χ2n) is 5.04. The number of aliphatic hydroxyl groups excluding tert-OH is 1. The molecule has 0 radical (unpaired) electrons. The molecule has 0 saturated heterocycles. The summed E-state index contributed by atoms with van der Waals surface area (Å²) < 4.78 is 0. The number of aryl methyl sites for hydroxylation is 2. The van der Waals surface area contributed by atoms with Crippen LogP contribution in [0.4, 0.5) is 0 Å². The number of benzene rings is 1. The summed E-state index contributed by atoms with van der Waals surface area (Å²) in [5, 5.41) is 14.4. The number of hydrogen-bond acceptors (Lipinski definition) is 3. The highest BCUT2D eigenvalue weighted by molar-refractivity contribution is 5.88. The summed E-state index contributed by atoms with van der Waals surface area (Å²) in [6, 6.07) is 6.49. The van der Waals surface area contributed by atoms with E-state index < -0.39 is 0 Å². The van der Waals surface area contributed by atoms with E-state index in [1.807, 2.05) is 19.9 Å². The summed E-state index contributed by atoms with van der Waals surface area (Å²) in [7, 11) is 1.73. The Morgan fingerprint density at radius 2 is 2.05 bits per heavy atom. The predicted octanol–water partition coefficient (Wildman–Crippen LogP) is 3.62. The number of nitrogens with one attached hydrogen (secondary N) is 1. The molecule has 2 rings (SSSR count). The Labute approximate surface area is 120 Å². The fraction of sp³-hybridized carbons (Fsp3) is 0.353. The van der Waals surface area contributed by atoms with Gasteiger partial charge in [-0.2, -0.15) is 5.10 Å². The molecular formula is C17H22N2O.